The fourth-order valence-electron chi connectivity index (χ4n) is 3.59. The molecular formula is C24H27N5O. The lowest BCUT2D eigenvalue weighted by molar-refractivity contribution is 0.330. The van der Waals surface area contributed by atoms with E-state index in [9.17, 15) is 0 Å². The molecule has 0 radical (unpaired) electrons. The maximum atomic E-state index is 6.08. The van der Waals surface area contributed by atoms with Crippen LogP contribution in [0.3, 0.4) is 0 Å². The highest BCUT2D eigenvalue weighted by molar-refractivity contribution is 5.52. The van der Waals surface area contributed by atoms with Crippen LogP contribution in [-0.4, -0.2) is 32.7 Å². The van der Waals surface area contributed by atoms with E-state index in [-0.39, 0.29) is 0 Å². The summed E-state index contributed by atoms with van der Waals surface area (Å²) >= 11 is 0. The molecule has 1 N–H and O–H groups in total. The Balaban J connectivity index is 1.41. The number of benzene rings is 2. The highest BCUT2D eigenvalue weighted by Gasteiger charge is 2.11. The molecule has 0 aliphatic rings. The Morgan fingerprint density at radius 1 is 0.933 bits per heavy atom. The van der Waals surface area contributed by atoms with Gasteiger partial charge in [0.05, 0.1) is 6.54 Å². The molecule has 2 heterocycles. The minimum absolute atomic E-state index is 0.551. The van der Waals surface area contributed by atoms with E-state index in [0.29, 0.717) is 18.9 Å². The summed E-state index contributed by atoms with van der Waals surface area (Å²) in [5.74, 6) is 2.44. The zero-order chi connectivity index (χ0) is 21.1. The molecule has 0 fully saturated rings. The maximum Gasteiger partial charge on any atom is 0.254 e. The van der Waals surface area contributed by atoms with Crippen molar-refractivity contribution in [2.24, 2.45) is 0 Å². The Labute approximate surface area is 177 Å². The first-order valence-electron chi connectivity index (χ1n) is 10.2. The van der Waals surface area contributed by atoms with E-state index in [0.717, 1.165) is 29.2 Å². The summed E-state index contributed by atoms with van der Waals surface area (Å²) < 4.78 is 7.82. The summed E-state index contributed by atoms with van der Waals surface area (Å²) in [4.78, 5) is 8.64. The van der Waals surface area contributed by atoms with Gasteiger partial charge in [-0.2, -0.15) is 14.6 Å². The van der Waals surface area contributed by atoms with E-state index in [2.05, 4.69) is 76.7 Å². The zero-order valence-electron chi connectivity index (χ0n) is 17.9. The van der Waals surface area contributed by atoms with Crippen LogP contribution < -0.4 is 10.1 Å². The minimum Gasteiger partial charge on any atom is -0.491 e. The lowest BCUT2D eigenvalue weighted by atomic mass is 9.97. The second kappa shape index (κ2) is 8.53. The topological polar surface area (TPSA) is 64.3 Å². The fraction of sp³-hybridized carbons (Fsp3) is 0.292. The molecule has 0 amide bonds. The van der Waals surface area contributed by atoms with Crippen molar-refractivity contribution in [2.45, 2.75) is 34.1 Å². The Morgan fingerprint density at radius 2 is 1.73 bits per heavy atom. The van der Waals surface area contributed by atoms with Gasteiger partial charge in [0.1, 0.15) is 24.5 Å². The average molecular weight is 402 g/mol. The Kier molecular flexibility index (Phi) is 5.65. The van der Waals surface area contributed by atoms with Crippen molar-refractivity contribution < 1.29 is 4.74 Å². The van der Waals surface area contributed by atoms with Gasteiger partial charge in [-0.05, 0) is 62.4 Å². The van der Waals surface area contributed by atoms with Crippen molar-refractivity contribution in [1.29, 1.82) is 0 Å². The first kappa shape index (κ1) is 19.9. The normalized spacial score (nSPS) is 11.1. The molecular weight excluding hydrogens is 374 g/mol. The summed E-state index contributed by atoms with van der Waals surface area (Å²) in [7, 11) is 0. The molecule has 0 atom stereocenters. The number of hydrogen-bond donors (Lipinski definition) is 1. The number of fused-ring (bicyclic) bond motifs is 1. The van der Waals surface area contributed by atoms with Crippen LogP contribution in [0.5, 0.6) is 5.75 Å². The molecule has 2 aromatic heterocycles. The van der Waals surface area contributed by atoms with Crippen LogP contribution in [0.4, 0.5) is 5.82 Å². The average Bonchev–Trinajstić information content (AvgIpc) is 3.21. The third-order valence-corrected chi connectivity index (χ3v) is 5.65. The Bertz CT molecular complexity index is 1170. The van der Waals surface area contributed by atoms with Crippen LogP contribution in [0.1, 0.15) is 33.5 Å². The number of anilines is 1. The van der Waals surface area contributed by atoms with E-state index < -0.39 is 0 Å². The van der Waals surface area contributed by atoms with Gasteiger partial charge in [-0.15, -0.1) is 0 Å². The van der Waals surface area contributed by atoms with E-state index in [1.54, 1.807) is 4.52 Å². The van der Waals surface area contributed by atoms with Gasteiger partial charge >= 0.3 is 0 Å². The number of nitrogens with one attached hydrogen (secondary N) is 1. The number of aryl methyl sites for hydroxylation is 1. The summed E-state index contributed by atoms with van der Waals surface area (Å²) in [6.45, 7) is 9.52. The van der Waals surface area contributed by atoms with Gasteiger partial charge in [-0.3, -0.25) is 0 Å². The molecule has 2 aromatic carbocycles. The summed E-state index contributed by atoms with van der Waals surface area (Å²) in [6.07, 6.45) is 2.45. The second-order valence-corrected chi connectivity index (χ2v) is 7.55. The van der Waals surface area contributed by atoms with Crippen molar-refractivity contribution in [3.8, 4) is 5.75 Å². The maximum absolute atomic E-state index is 6.08. The first-order chi connectivity index (χ1) is 14.5. The molecule has 6 heteroatoms. The highest BCUT2D eigenvalue weighted by atomic mass is 16.5. The van der Waals surface area contributed by atoms with Crippen molar-refractivity contribution in [3.05, 3.63) is 82.3 Å². The SMILES string of the molecule is Cc1nc2ncnn2c(NCCOc2ccc(Cc3ccccc3)c(C)c2C)c1C. The molecule has 0 saturated heterocycles. The molecule has 0 aliphatic carbocycles. The lowest BCUT2D eigenvalue weighted by Gasteiger charge is -2.16. The summed E-state index contributed by atoms with van der Waals surface area (Å²) in [5.41, 5.74) is 7.14. The molecule has 4 aromatic rings. The van der Waals surface area contributed by atoms with E-state index in [1.165, 1.54) is 28.6 Å². The highest BCUT2D eigenvalue weighted by Crippen LogP contribution is 2.26. The third-order valence-electron chi connectivity index (χ3n) is 5.65. The van der Waals surface area contributed by atoms with Gasteiger partial charge in [0.15, 0.2) is 0 Å². The van der Waals surface area contributed by atoms with Gasteiger partial charge in [0, 0.05) is 11.3 Å². The smallest absolute Gasteiger partial charge is 0.254 e. The molecule has 0 aliphatic heterocycles. The number of aromatic nitrogens is 4. The molecule has 0 unspecified atom stereocenters. The molecule has 154 valence electrons. The number of nitrogens with zero attached hydrogens (tertiary/aromatic N) is 4. The van der Waals surface area contributed by atoms with E-state index >= 15 is 0 Å². The number of rotatable bonds is 7. The molecule has 30 heavy (non-hydrogen) atoms. The van der Waals surface area contributed by atoms with E-state index in [1.807, 2.05) is 13.8 Å². The van der Waals surface area contributed by atoms with Crippen molar-refractivity contribution in [3.63, 3.8) is 0 Å². The number of ether oxygens (including phenoxy) is 1. The Hall–Kier alpha value is -3.41. The molecule has 0 bridgehead atoms. The van der Waals surface area contributed by atoms with Crippen molar-refractivity contribution in [1.82, 2.24) is 19.6 Å². The van der Waals surface area contributed by atoms with Gasteiger partial charge < -0.3 is 10.1 Å². The predicted octanol–water partition coefficient (Wildman–Crippen LogP) is 4.44. The Morgan fingerprint density at radius 3 is 2.53 bits per heavy atom. The minimum atomic E-state index is 0.551. The van der Waals surface area contributed by atoms with Crippen molar-refractivity contribution >= 4 is 11.6 Å². The molecule has 6 nitrogen and oxygen atoms in total. The zero-order valence-corrected chi connectivity index (χ0v) is 17.9. The summed E-state index contributed by atoms with van der Waals surface area (Å²) in [6, 6.07) is 14.8. The van der Waals surface area contributed by atoms with Gasteiger partial charge in [0.25, 0.3) is 5.78 Å². The quantitative estimate of drug-likeness (QED) is 0.464. The van der Waals surface area contributed by atoms with Crippen LogP contribution in [0.2, 0.25) is 0 Å². The predicted molar refractivity (Wildman–Crippen MR) is 119 cm³/mol. The fourth-order valence-corrected chi connectivity index (χ4v) is 3.59. The first-order valence-corrected chi connectivity index (χ1v) is 10.2. The molecule has 0 spiro atoms. The van der Waals surface area contributed by atoms with Crippen LogP contribution in [-0.2, 0) is 6.42 Å². The van der Waals surface area contributed by atoms with Gasteiger partial charge in [-0.1, -0.05) is 36.4 Å². The van der Waals surface area contributed by atoms with Gasteiger partial charge in [-0.25, -0.2) is 4.98 Å². The number of hydrogen-bond acceptors (Lipinski definition) is 5. The second-order valence-electron chi connectivity index (χ2n) is 7.55. The molecule has 4 rings (SSSR count). The monoisotopic (exact) mass is 401 g/mol. The standard InChI is InChI=1S/C24H27N5O/c1-16-17(2)22(11-10-21(16)14-20-8-6-5-7-9-20)30-13-12-25-23-18(3)19(4)28-24-26-15-27-29(23)24/h5-11,15,25H,12-14H2,1-4H3. The van der Waals surface area contributed by atoms with Crippen LogP contribution in [0.15, 0.2) is 48.8 Å². The van der Waals surface area contributed by atoms with Gasteiger partial charge in [0.2, 0.25) is 0 Å². The van der Waals surface area contributed by atoms with Crippen LogP contribution in [0, 0.1) is 27.7 Å². The van der Waals surface area contributed by atoms with E-state index in [4.69, 9.17) is 4.74 Å². The lowest BCUT2D eigenvalue weighted by Crippen LogP contribution is -2.16. The van der Waals surface area contributed by atoms with Crippen LogP contribution >= 0.6 is 0 Å². The molecule has 0 saturated carbocycles. The largest absolute Gasteiger partial charge is 0.491 e. The third kappa shape index (κ3) is 3.99. The summed E-state index contributed by atoms with van der Waals surface area (Å²) in [5, 5.41) is 7.69. The van der Waals surface area contributed by atoms with Crippen LogP contribution in [0.25, 0.3) is 5.78 Å². The van der Waals surface area contributed by atoms with Crippen molar-refractivity contribution in [2.75, 3.05) is 18.5 Å².